The van der Waals surface area contributed by atoms with Crippen LogP contribution >= 0.6 is 0 Å². The molecular formula is C7H14N2O2. The first-order chi connectivity index (χ1) is 5.20. The molecule has 1 rings (SSSR count). The van der Waals surface area contributed by atoms with E-state index in [4.69, 9.17) is 10.8 Å². The fourth-order valence-electron chi connectivity index (χ4n) is 1.38. The molecule has 0 spiro atoms. The minimum Gasteiger partial charge on any atom is -0.480 e. The highest BCUT2D eigenvalue weighted by molar-refractivity contribution is 5.73. The lowest BCUT2D eigenvalue weighted by molar-refractivity contribution is -0.138. The lowest BCUT2D eigenvalue weighted by Gasteiger charge is -2.10. The van der Waals surface area contributed by atoms with E-state index < -0.39 is 12.0 Å². The Hall–Kier alpha value is -0.610. The van der Waals surface area contributed by atoms with Gasteiger partial charge in [-0.1, -0.05) is 0 Å². The van der Waals surface area contributed by atoms with Crippen molar-refractivity contribution in [3.8, 4) is 0 Å². The van der Waals surface area contributed by atoms with Crippen molar-refractivity contribution in [3.63, 3.8) is 0 Å². The molecule has 0 unspecified atom stereocenters. The second-order valence-electron chi connectivity index (χ2n) is 3.04. The van der Waals surface area contributed by atoms with Crippen molar-refractivity contribution in [2.24, 2.45) is 11.7 Å². The number of nitrogens with two attached hydrogens (primary N) is 1. The van der Waals surface area contributed by atoms with Gasteiger partial charge in [-0.15, -0.1) is 0 Å². The molecule has 0 radical (unpaired) electrons. The molecule has 0 aromatic heterocycles. The minimum absolute atomic E-state index is 0.459. The summed E-state index contributed by atoms with van der Waals surface area (Å²) >= 11 is 0. The van der Waals surface area contributed by atoms with Gasteiger partial charge in [-0.2, -0.15) is 0 Å². The van der Waals surface area contributed by atoms with Gasteiger partial charge in [-0.05, 0) is 31.8 Å². The van der Waals surface area contributed by atoms with E-state index in [2.05, 4.69) is 5.32 Å². The van der Waals surface area contributed by atoms with Crippen LogP contribution in [0.2, 0.25) is 0 Å². The van der Waals surface area contributed by atoms with Crippen LogP contribution in [-0.2, 0) is 4.79 Å². The van der Waals surface area contributed by atoms with Crippen LogP contribution in [0.15, 0.2) is 0 Å². The van der Waals surface area contributed by atoms with E-state index in [0.717, 1.165) is 19.5 Å². The highest BCUT2D eigenvalue weighted by Crippen LogP contribution is 2.13. The molecule has 1 heterocycles. The maximum absolute atomic E-state index is 10.3. The van der Waals surface area contributed by atoms with Crippen LogP contribution in [0.1, 0.15) is 12.8 Å². The average molecular weight is 158 g/mol. The fraction of sp³-hybridized carbons (Fsp3) is 0.857. The van der Waals surface area contributed by atoms with E-state index >= 15 is 0 Å². The Kier molecular flexibility index (Phi) is 2.84. The molecule has 1 fully saturated rings. The number of aliphatic carboxylic acids is 1. The van der Waals surface area contributed by atoms with Gasteiger partial charge in [0.1, 0.15) is 6.04 Å². The monoisotopic (exact) mass is 158 g/mol. The first kappa shape index (κ1) is 8.49. The quantitative estimate of drug-likeness (QED) is 0.512. The molecule has 11 heavy (non-hydrogen) atoms. The Balaban J connectivity index is 2.23. The number of carbonyl (C=O) groups is 1. The van der Waals surface area contributed by atoms with E-state index in [0.29, 0.717) is 12.3 Å². The number of carboxylic acids is 1. The first-order valence-electron chi connectivity index (χ1n) is 3.89. The molecule has 1 aliphatic rings. The largest absolute Gasteiger partial charge is 0.480 e. The van der Waals surface area contributed by atoms with Crippen LogP contribution < -0.4 is 11.1 Å². The second-order valence-corrected chi connectivity index (χ2v) is 3.04. The van der Waals surface area contributed by atoms with Crippen molar-refractivity contribution in [1.82, 2.24) is 5.32 Å². The van der Waals surface area contributed by atoms with E-state index in [-0.39, 0.29) is 0 Å². The van der Waals surface area contributed by atoms with Gasteiger partial charge in [0.15, 0.2) is 0 Å². The van der Waals surface area contributed by atoms with Crippen LogP contribution in [-0.4, -0.2) is 30.2 Å². The summed E-state index contributed by atoms with van der Waals surface area (Å²) in [5.41, 5.74) is 5.37. The van der Waals surface area contributed by atoms with E-state index in [1.54, 1.807) is 0 Å². The number of carboxylic acid groups (broad SMARTS) is 1. The van der Waals surface area contributed by atoms with Crippen LogP contribution in [0, 0.1) is 5.92 Å². The van der Waals surface area contributed by atoms with Crippen LogP contribution in [0.5, 0.6) is 0 Å². The maximum atomic E-state index is 10.3. The third kappa shape index (κ3) is 2.48. The van der Waals surface area contributed by atoms with Gasteiger partial charge >= 0.3 is 5.97 Å². The van der Waals surface area contributed by atoms with Crippen LogP contribution in [0.25, 0.3) is 0 Å². The Morgan fingerprint density at radius 1 is 1.82 bits per heavy atom. The molecule has 0 amide bonds. The summed E-state index contributed by atoms with van der Waals surface area (Å²) in [6, 6.07) is -0.681. The molecule has 0 saturated carbocycles. The molecule has 0 aromatic rings. The van der Waals surface area contributed by atoms with E-state index in [9.17, 15) is 4.79 Å². The topological polar surface area (TPSA) is 75.3 Å². The Bertz CT molecular complexity index is 143. The predicted octanol–water partition coefficient (Wildman–Crippen LogP) is -0.602. The summed E-state index contributed by atoms with van der Waals surface area (Å²) < 4.78 is 0. The smallest absolute Gasteiger partial charge is 0.320 e. The van der Waals surface area contributed by atoms with Crippen molar-refractivity contribution >= 4 is 5.97 Å². The molecule has 4 heteroatoms. The van der Waals surface area contributed by atoms with Gasteiger partial charge in [-0.3, -0.25) is 4.79 Å². The van der Waals surface area contributed by atoms with Gasteiger partial charge in [0, 0.05) is 0 Å². The summed E-state index contributed by atoms with van der Waals surface area (Å²) in [6.07, 6.45) is 1.66. The highest BCUT2D eigenvalue weighted by atomic mass is 16.4. The molecule has 1 aliphatic heterocycles. The Morgan fingerprint density at radius 2 is 2.55 bits per heavy atom. The summed E-state index contributed by atoms with van der Waals surface area (Å²) in [4.78, 5) is 10.3. The zero-order valence-electron chi connectivity index (χ0n) is 6.42. The van der Waals surface area contributed by atoms with Gasteiger partial charge in [0.05, 0.1) is 0 Å². The first-order valence-corrected chi connectivity index (χ1v) is 3.89. The molecule has 0 bridgehead atoms. The summed E-state index contributed by atoms with van der Waals surface area (Å²) in [5, 5.41) is 11.7. The van der Waals surface area contributed by atoms with Crippen molar-refractivity contribution in [2.75, 3.05) is 13.1 Å². The third-order valence-corrected chi connectivity index (χ3v) is 2.07. The molecule has 0 aliphatic carbocycles. The molecule has 4 nitrogen and oxygen atoms in total. The van der Waals surface area contributed by atoms with Gasteiger partial charge in [0.2, 0.25) is 0 Å². The SMILES string of the molecule is N[C@@H](C[C@H]1CCNC1)C(=O)O. The van der Waals surface area contributed by atoms with Crippen molar-refractivity contribution < 1.29 is 9.90 Å². The number of hydrogen-bond donors (Lipinski definition) is 3. The molecule has 0 aromatic carbocycles. The Labute approximate surface area is 65.8 Å². The molecule has 2 atom stereocenters. The fourth-order valence-corrected chi connectivity index (χ4v) is 1.38. The zero-order chi connectivity index (χ0) is 8.27. The minimum atomic E-state index is -0.892. The van der Waals surface area contributed by atoms with Gasteiger partial charge < -0.3 is 16.2 Å². The number of rotatable bonds is 3. The zero-order valence-corrected chi connectivity index (χ0v) is 6.42. The maximum Gasteiger partial charge on any atom is 0.320 e. The standard InChI is InChI=1S/C7H14N2O2/c8-6(7(10)11)3-5-1-2-9-4-5/h5-6,9H,1-4,8H2,(H,10,11)/t5-,6+/m1/s1. The number of nitrogens with one attached hydrogen (secondary N) is 1. The normalized spacial score (nSPS) is 26.8. The van der Waals surface area contributed by atoms with E-state index in [1.807, 2.05) is 0 Å². The number of hydrogen-bond acceptors (Lipinski definition) is 3. The van der Waals surface area contributed by atoms with Crippen molar-refractivity contribution in [2.45, 2.75) is 18.9 Å². The lowest BCUT2D eigenvalue weighted by atomic mass is 10.00. The molecule has 4 N–H and O–H groups in total. The van der Waals surface area contributed by atoms with Crippen LogP contribution in [0.4, 0.5) is 0 Å². The third-order valence-electron chi connectivity index (χ3n) is 2.07. The molecule has 1 saturated heterocycles. The van der Waals surface area contributed by atoms with Gasteiger partial charge in [0.25, 0.3) is 0 Å². The summed E-state index contributed by atoms with van der Waals surface area (Å²) in [7, 11) is 0. The summed E-state index contributed by atoms with van der Waals surface area (Å²) in [5.74, 6) is -0.432. The molecular weight excluding hydrogens is 144 g/mol. The second kappa shape index (κ2) is 3.69. The van der Waals surface area contributed by atoms with Crippen LogP contribution in [0.3, 0.4) is 0 Å². The average Bonchev–Trinajstić information content (AvgIpc) is 2.39. The van der Waals surface area contributed by atoms with E-state index in [1.165, 1.54) is 0 Å². The summed E-state index contributed by atoms with van der Waals surface area (Å²) in [6.45, 7) is 1.91. The van der Waals surface area contributed by atoms with Gasteiger partial charge in [-0.25, -0.2) is 0 Å². The Morgan fingerprint density at radius 3 is 3.00 bits per heavy atom. The molecule has 64 valence electrons. The lowest BCUT2D eigenvalue weighted by Crippen LogP contribution is -2.32. The van der Waals surface area contributed by atoms with Crippen molar-refractivity contribution in [3.05, 3.63) is 0 Å². The highest BCUT2D eigenvalue weighted by Gasteiger charge is 2.21. The predicted molar refractivity (Wildman–Crippen MR) is 41.2 cm³/mol. The van der Waals surface area contributed by atoms with Crippen molar-refractivity contribution in [1.29, 1.82) is 0 Å².